The molecule has 2 aromatic rings. The maximum atomic E-state index is 12.1. The van der Waals surface area contributed by atoms with Crippen LogP contribution in [0.25, 0.3) is 0 Å². The molecular formula is C15H16N2O2. The summed E-state index contributed by atoms with van der Waals surface area (Å²) >= 11 is 0. The summed E-state index contributed by atoms with van der Waals surface area (Å²) in [4.78, 5) is 12.1. The van der Waals surface area contributed by atoms with E-state index in [1.165, 1.54) is 0 Å². The number of hydrogen-bond donors (Lipinski definition) is 2. The molecular weight excluding hydrogens is 240 g/mol. The topological polar surface area (TPSA) is 64.3 Å². The van der Waals surface area contributed by atoms with Crippen molar-refractivity contribution in [3.8, 4) is 5.75 Å². The van der Waals surface area contributed by atoms with Crippen LogP contribution in [0.3, 0.4) is 0 Å². The van der Waals surface area contributed by atoms with E-state index in [2.05, 4.69) is 5.32 Å². The van der Waals surface area contributed by atoms with Gasteiger partial charge in [0.25, 0.3) is 5.91 Å². The minimum absolute atomic E-state index is 0.212. The molecule has 0 spiro atoms. The molecule has 0 saturated heterocycles. The van der Waals surface area contributed by atoms with Gasteiger partial charge in [-0.25, -0.2) is 0 Å². The number of rotatable bonds is 3. The van der Waals surface area contributed by atoms with Crippen molar-refractivity contribution < 1.29 is 9.53 Å². The maximum absolute atomic E-state index is 12.1. The minimum Gasteiger partial charge on any atom is -0.495 e. The lowest BCUT2D eigenvalue weighted by Crippen LogP contribution is -2.13. The molecule has 1 amide bonds. The van der Waals surface area contributed by atoms with Gasteiger partial charge in [-0.3, -0.25) is 4.79 Å². The van der Waals surface area contributed by atoms with Gasteiger partial charge in [-0.2, -0.15) is 0 Å². The molecule has 0 aliphatic heterocycles. The number of amides is 1. The summed E-state index contributed by atoms with van der Waals surface area (Å²) in [5, 5.41) is 2.83. The number of aryl methyl sites for hydroxylation is 1. The summed E-state index contributed by atoms with van der Waals surface area (Å²) in [6, 6.07) is 12.5. The van der Waals surface area contributed by atoms with Crippen LogP contribution in [-0.2, 0) is 0 Å². The lowest BCUT2D eigenvalue weighted by Gasteiger charge is -2.11. The molecule has 19 heavy (non-hydrogen) atoms. The lowest BCUT2D eigenvalue weighted by atomic mass is 10.1. The third-order valence-corrected chi connectivity index (χ3v) is 2.75. The third-order valence-electron chi connectivity index (χ3n) is 2.75. The monoisotopic (exact) mass is 256 g/mol. The van der Waals surface area contributed by atoms with Crippen LogP contribution in [0.5, 0.6) is 5.75 Å². The number of ether oxygens (including phenoxy) is 1. The molecule has 3 N–H and O–H groups in total. The normalized spacial score (nSPS) is 10.0. The Balaban J connectivity index is 2.26. The van der Waals surface area contributed by atoms with Crippen molar-refractivity contribution in [2.24, 2.45) is 0 Å². The van der Waals surface area contributed by atoms with Gasteiger partial charge >= 0.3 is 0 Å². The summed E-state index contributed by atoms with van der Waals surface area (Å²) in [5.74, 6) is 0.416. The van der Waals surface area contributed by atoms with E-state index in [-0.39, 0.29) is 5.91 Å². The fourth-order valence-electron chi connectivity index (χ4n) is 1.79. The summed E-state index contributed by atoms with van der Waals surface area (Å²) in [7, 11) is 1.57. The summed E-state index contributed by atoms with van der Waals surface area (Å²) in [6.45, 7) is 1.95. The molecule has 4 nitrogen and oxygen atoms in total. The molecule has 98 valence electrons. The van der Waals surface area contributed by atoms with Crippen LogP contribution in [0.15, 0.2) is 42.5 Å². The van der Waals surface area contributed by atoms with Gasteiger partial charge in [-0.05, 0) is 42.8 Å². The number of carbonyl (C=O) groups is 1. The van der Waals surface area contributed by atoms with Crippen LogP contribution >= 0.6 is 0 Å². The number of anilines is 2. The average Bonchev–Trinajstić information content (AvgIpc) is 2.39. The van der Waals surface area contributed by atoms with E-state index in [0.717, 1.165) is 5.56 Å². The zero-order chi connectivity index (χ0) is 13.8. The molecule has 0 fully saturated rings. The van der Waals surface area contributed by atoms with Gasteiger partial charge in [0.1, 0.15) is 5.75 Å². The quantitative estimate of drug-likeness (QED) is 0.830. The molecule has 2 rings (SSSR count). The Hall–Kier alpha value is -2.49. The van der Waals surface area contributed by atoms with Gasteiger partial charge in [0.05, 0.1) is 12.8 Å². The summed E-state index contributed by atoms with van der Waals surface area (Å²) in [5.41, 5.74) is 8.43. The predicted molar refractivity (Wildman–Crippen MR) is 76.5 cm³/mol. The van der Waals surface area contributed by atoms with Crippen LogP contribution < -0.4 is 15.8 Å². The van der Waals surface area contributed by atoms with E-state index >= 15 is 0 Å². The molecule has 0 heterocycles. The van der Waals surface area contributed by atoms with Gasteiger partial charge in [0.2, 0.25) is 0 Å². The Labute approximate surface area is 112 Å². The van der Waals surface area contributed by atoms with Crippen molar-refractivity contribution >= 4 is 17.3 Å². The second-order valence-electron chi connectivity index (χ2n) is 4.28. The highest BCUT2D eigenvalue weighted by atomic mass is 16.5. The number of methoxy groups -OCH3 is 1. The van der Waals surface area contributed by atoms with E-state index < -0.39 is 0 Å². The molecule has 2 aromatic carbocycles. The number of benzene rings is 2. The van der Waals surface area contributed by atoms with E-state index in [0.29, 0.717) is 22.7 Å². The van der Waals surface area contributed by atoms with Gasteiger partial charge in [0.15, 0.2) is 0 Å². The van der Waals surface area contributed by atoms with E-state index in [1.807, 2.05) is 25.1 Å². The highest BCUT2D eigenvalue weighted by molar-refractivity contribution is 6.05. The maximum Gasteiger partial charge on any atom is 0.255 e. The Morgan fingerprint density at radius 3 is 2.68 bits per heavy atom. The van der Waals surface area contributed by atoms with E-state index in [9.17, 15) is 4.79 Å². The zero-order valence-corrected chi connectivity index (χ0v) is 10.9. The van der Waals surface area contributed by atoms with Gasteiger partial charge in [0, 0.05) is 11.3 Å². The minimum atomic E-state index is -0.212. The second-order valence-corrected chi connectivity index (χ2v) is 4.28. The van der Waals surface area contributed by atoms with Crippen molar-refractivity contribution in [2.75, 3.05) is 18.2 Å². The molecule has 4 heteroatoms. The largest absolute Gasteiger partial charge is 0.495 e. The molecule has 0 aliphatic carbocycles. The number of carbonyl (C=O) groups excluding carboxylic acids is 1. The van der Waals surface area contributed by atoms with Gasteiger partial charge in [-0.1, -0.05) is 12.1 Å². The predicted octanol–water partition coefficient (Wildman–Crippen LogP) is 2.84. The number of nitrogens with one attached hydrogen (secondary N) is 1. The van der Waals surface area contributed by atoms with Gasteiger partial charge in [-0.15, -0.1) is 0 Å². The molecule has 0 radical (unpaired) electrons. The first kappa shape index (κ1) is 13.0. The SMILES string of the molecule is COc1ccc(C)cc1NC(=O)c1cccc(N)c1. The number of nitrogen functional groups attached to an aromatic ring is 1. The van der Waals surface area contributed by atoms with Crippen molar-refractivity contribution in [1.82, 2.24) is 0 Å². The Bertz CT molecular complexity index is 609. The Morgan fingerprint density at radius 2 is 2.00 bits per heavy atom. The molecule has 0 unspecified atom stereocenters. The second kappa shape index (κ2) is 5.44. The molecule has 0 bridgehead atoms. The van der Waals surface area contributed by atoms with Crippen LogP contribution in [0.1, 0.15) is 15.9 Å². The first-order valence-electron chi connectivity index (χ1n) is 5.91. The Morgan fingerprint density at radius 1 is 1.21 bits per heavy atom. The van der Waals surface area contributed by atoms with E-state index in [4.69, 9.17) is 10.5 Å². The zero-order valence-electron chi connectivity index (χ0n) is 10.9. The highest BCUT2D eigenvalue weighted by Gasteiger charge is 2.10. The van der Waals surface area contributed by atoms with E-state index in [1.54, 1.807) is 31.4 Å². The molecule has 0 atom stereocenters. The fraction of sp³-hybridized carbons (Fsp3) is 0.133. The highest BCUT2D eigenvalue weighted by Crippen LogP contribution is 2.25. The summed E-state index contributed by atoms with van der Waals surface area (Å²) < 4.78 is 5.22. The van der Waals surface area contributed by atoms with Crippen LogP contribution in [0.4, 0.5) is 11.4 Å². The smallest absolute Gasteiger partial charge is 0.255 e. The lowest BCUT2D eigenvalue weighted by molar-refractivity contribution is 0.102. The number of hydrogen-bond acceptors (Lipinski definition) is 3. The number of nitrogens with two attached hydrogens (primary N) is 1. The van der Waals surface area contributed by atoms with Crippen molar-refractivity contribution in [3.63, 3.8) is 0 Å². The molecule has 0 saturated carbocycles. The van der Waals surface area contributed by atoms with Crippen molar-refractivity contribution in [3.05, 3.63) is 53.6 Å². The molecule has 0 aliphatic rings. The summed E-state index contributed by atoms with van der Waals surface area (Å²) in [6.07, 6.45) is 0. The standard InChI is InChI=1S/C15H16N2O2/c1-10-6-7-14(19-2)13(8-10)17-15(18)11-4-3-5-12(16)9-11/h3-9H,16H2,1-2H3,(H,17,18). The van der Waals surface area contributed by atoms with Crippen molar-refractivity contribution in [2.45, 2.75) is 6.92 Å². The average molecular weight is 256 g/mol. The first-order chi connectivity index (χ1) is 9.10. The fourth-order valence-corrected chi connectivity index (χ4v) is 1.79. The van der Waals surface area contributed by atoms with Crippen LogP contribution in [-0.4, -0.2) is 13.0 Å². The van der Waals surface area contributed by atoms with Crippen molar-refractivity contribution in [1.29, 1.82) is 0 Å². The third kappa shape index (κ3) is 3.04. The molecule has 0 aromatic heterocycles. The first-order valence-corrected chi connectivity index (χ1v) is 5.91. The van der Waals surface area contributed by atoms with Gasteiger partial charge < -0.3 is 15.8 Å². The Kier molecular flexibility index (Phi) is 3.71. The van der Waals surface area contributed by atoms with Crippen LogP contribution in [0, 0.1) is 6.92 Å². The van der Waals surface area contributed by atoms with Crippen LogP contribution in [0.2, 0.25) is 0 Å².